The summed E-state index contributed by atoms with van der Waals surface area (Å²) < 4.78 is 30.9. The van der Waals surface area contributed by atoms with Gasteiger partial charge in [-0.25, -0.2) is 0 Å². The number of fused-ring (bicyclic) bond motifs is 1. The predicted molar refractivity (Wildman–Crippen MR) is 145 cm³/mol. The standard InChI is InChI=1S/C30H32ClO5P/c1-19-14-24(34-18-37(33)35-13-10-28(36-37)21-4-3-5-23(31)15-21)16-22-6-8-25(29(19)22)20-7-9-27(32)26(17-20)30(2)11-12-30/h3-5,7,9,14-17,25,28,32H,6,8,10-13,18H2,1-2H3/t25?,28-,37?/m0/s1. The van der Waals surface area contributed by atoms with Crippen LogP contribution in [0.25, 0.3) is 0 Å². The molecule has 3 aromatic rings. The van der Waals surface area contributed by atoms with E-state index >= 15 is 0 Å². The number of hydrogen-bond acceptors (Lipinski definition) is 5. The molecule has 1 saturated heterocycles. The molecule has 1 heterocycles. The lowest BCUT2D eigenvalue weighted by Crippen LogP contribution is -2.17. The Morgan fingerprint density at radius 1 is 1.11 bits per heavy atom. The number of rotatable bonds is 6. The molecule has 5 nitrogen and oxygen atoms in total. The van der Waals surface area contributed by atoms with Crippen LogP contribution in [0.3, 0.4) is 0 Å². The second-order valence-corrected chi connectivity index (χ2v) is 13.3. The first-order chi connectivity index (χ1) is 17.7. The summed E-state index contributed by atoms with van der Waals surface area (Å²) in [4.78, 5) is 0. The smallest absolute Gasteiger partial charge is 0.368 e. The van der Waals surface area contributed by atoms with Crippen LogP contribution in [-0.4, -0.2) is 18.1 Å². The van der Waals surface area contributed by atoms with E-state index in [1.54, 1.807) is 0 Å². The van der Waals surface area contributed by atoms with E-state index in [2.05, 4.69) is 32.0 Å². The fraction of sp³-hybridized carbons (Fsp3) is 0.400. The minimum atomic E-state index is -3.42. The van der Waals surface area contributed by atoms with Crippen LogP contribution in [-0.2, 0) is 25.4 Å². The van der Waals surface area contributed by atoms with Crippen molar-refractivity contribution in [3.63, 3.8) is 0 Å². The van der Waals surface area contributed by atoms with Crippen molar-refractivity contribution in [3.05, 3.63) is 93.0 Å². The SMILES string of the molecule is Cc1cc(OCP2(=O)OCC[C@@H](c3cccc(Cl)c3)O2)cc2c1C(c1ccc(O)c(C3(C)CC3)c1)CC2. The highest BCUT2D eigenvalue weighted by Crippen LogP contribution is 2.56. The van der Waals surface area contributed by atoms with Crippen molar-refractivity contribution in [2.24, 2.45) is 0 Å². The van der Waals surface area contributed by atoms with Crippen LogP contribution in [0, 0.1) is 6.92 Å². The van der Waals surface area contributed by atoms with Gasteiger partial charge in [0.25, 0.3) is 0 Å². The van der Waals surface area contributed by atoms with E-state index in [4.69, 9.17) is 25.4 Å². The maximum atomic E-state index is 13.4. The number of aromatic hydroxyl groups is 1. The number of ether oxygens (including phenoxy) is 1. The van der Waals surface area contributed by atoms with Gasteiger partial charge in [-0.3, -0.25) is 9.09 Å². The molecule has 3 atom stereocenters. The summed E-state index contributed by atoms with van der Waals surface area (Å²) in [7, 11) is -3.42. The Morgan fingerprint density at radius 3 is 2.73 bits per heavy atom. The average molecular weight is 539 g/mol. The molecule has 0 radical (unpaired) electrons. The number of phenols is 1. The van der Waals surface area contributed by atoms with Crippen LogP contribution in [0.1, 0.15) is 78.0 Å². The largest absolute Gasteiger partial charge is 0.508 e. The molecular weight excluding hydrogens is 507 g/mol. The van der Waals surface area contributed by atoms with Gasteiger partial charge in [-0.1, -0.05) is 42.8 Å². The number of hydrogen-bond donors (Lipinski definition) is 1. The van der Waals surface area contributed by atoms with E-state index in [0.717, 1.165) is 42.4 Å². The summed E-state index contributed by atoms with van der Waals surface area (Å²) in [6.45, 7) is 4.68. The molecule has 1 aliphatic heterocycles. The van der Waals surface area contributed by atoms with Crippen LogP contribution in [0.4, 0.5) is 0 Å². The number of benzene rings is 3. The highest BCUT2D eigenvalue weighted by atomic mass is 35.5. The summed E-state index contributed by atoms with van der Waals surface area (Å²) in [5.74, 6) is 1.38. The molecule has 2 unspecified atom stereocenters. The number of aryl methyl sites for hydroxylation is 2. The van der Waals surface area contributed by atoms with Crippen molar-refractivity contribution in [1.29, 1.82) is 0 Å². The lowest BCUT2D eigenvalue weighted by molar-refractivity contribution is 0.0725. The molecule has 0 amide bonds. The van der Waals surface area contributed by atoms with Gasteiger partial charge in [-0.2, -0.15) is 0 Å². The predicted octanol–water partition coefficient (Wildman–Crippen LogP) is 8.19. The van der Waals surface area contributed by atoms with Gasteiger partial charge >= 0.3 is 7.60 Å². The van der Waals surface area contributed by atoms with Crippen LogP contribution in [0.5, 0.6) is 11.5 Å². The van der Waals surface area contributed by atoms with Gasteiger partial charge in [0, 0.05) is 22.9 Å². The molecule has 3 aliphatic rings. The highest BCUT2D eigenvalue weighted by Gasteiger charge is 2.41. The summed E-state index contributed by atoms with van der Waals surface area (Å²) in [5, 5.41) is 11.1. The lowest BCUT2D eigenvalue weighted by Gasteiger charge is -2.30. The van der Waals surface area contributed by atoms with Crippen molar-refractivity contribution in [3.8, 4) is 11.5 Å². The molecule has 6 rings (SSSR count). The Kier molecular flexibility index (Phi) is 6.40. The van der Waals surface area contributed by atoms with E-state index in [1.807, 2.05) is 36.4 Å². The second-order valence-electron chi connectivity index (χ2n) is 10.9. The monoisotopic (exact) mass is 538 g/mol. The van der Waals surface area contributed by atoms with E-state index < -0.39 is 7.60 Å². The first-order valence-corrected chi connectivity index (χ1v) is 15.1. The minimum absolute atomic E-state index is 0.112. The first-order valence-electron chi connectivity index (χ1n) is 13.0. The van der Waals surface area contributed by atoms with Crippen molar-refractivity contribution < 1.29 is 23.5 Å². The Bertz CT molecular complexity index is 1400. The summed E-state index contributed by atoms with van der Waals surface area (Å²) in [5.41, 5.74) is 7.09. The molecule has 0 aromatic heterocycles. The van der Waals surface area contributed by atoms with E-state index in [1.165, 1.54) is 16.7 Å². The zero-order valence-corrected chi connectivity index (χ0v) is 22.9. The van der Waals surface area contributed by atoms with Crippen molar-refractivity contribution in [2.75, 3.05) is 13.0 Å². The topological polar surface area (TPSA) is 65.0 Å². The number of phenolic OH excluding ortho intramolecular Hbond substituents is 1. The molecule has 194 valence electrons. The van der Waals surface area contributed by atoms with Crippen molar-refractivity contribution >= 4 is 19.2 Å². The normalized spacial score (nSPS) is 26.0. The second kappa shape index (κ2) is 9.47. The third-order valence-corrected chi connectivity index (χ3v) is 9.97. The number of halogens is 1. The quantitative estimate of drug-likeness (QED) is 0.320. The van der Waals surface area contributed by atoms with E-state index in [-0.39, 0.29) is 17.9 Å². The van der Waals surface area contributed by atoms with Crippen LogP contribution in [0.2, 0.25) is 5.02 Å². The fourth-order valence-corrected chi connectivity index (χ4v) is 7.54. The third kappa shape index (κ3) is 4.95. The maximum absolute atomic E-state index is 13.4. The summed E-state index contributed by atoms with van der Waals surface area (Å²) >= 11 is 6.13. The molecule has 3 aromatic carbocycles. The van der Waals surface area contributed by atoms with Crippen LogP contribution in [0.15, 0.2) is 54.6 Å². The van der Waals surface area contributed by atoms with Crippen LogP contribution < -0.4 is 4.74 Å². The minimum Gasteiger partial charge on any atom is -0.508 e. The van der Waals surface area contributed by atoms with Gasteiger partial charge in [0.1, 0.15) is 11.5 Å². The van der Waals surface area contributed by atoms with E-state index in [9.17, 15) is 9.67 Å². The van der Waals surface area contributed by atoms with Crippen molar-refractivity contribution in [1.82, 2.24) is 0 Å². The van der Waals surface area contributed by atoms with Crippen molar-refractivity contribution in [2.45, 2.75) is 63.4 Å². The molecule has 2 aliphatic carbocycles. The average Bonchev–Trinajstić information content (AvgIpc) is 3.47. The first kappa shape index (κ1) is 25.0. The molecule has 1 saturated carbocycles. The fourth-order valence-electron chi connectivity index (χ4n) is 5.84. The van der Waals surface area contributed by atoms with Gasteiger partial charge in [0.05, 0.1) is 12.7 Å². The molecule has 0 spiro atoms. The molecule has 7 heteroatoms. The Morgan fingerprint density at radius 2 is 1.95 bits per heavy atom. The van der Waals surface area contributed by atoms with Gasteiger partial charge in [0.2, 0.25) is 0 Å². The molecular formula is C30H32ClO5P. The van der Waals surface area contributed by atoms with Gasteiger partial charge < -0.3 is 14.4 Å². The third-order valence-electron chi connectivity index (χ3n) is 8.14. The Labute approximate surface area is 223 Å². The molecule has 0 bridgehead atoms. The van der Waals surface area contributed by atoms with Gasteiger partial charge in [-0.15, -0.1) is 0 Å². The molecule has 1 N–H and O–H groups in total. The van der Waals surface area contributed by atoms with E-state index in [0.29, 0.717) is 35.5 Å². The molecule has 37 heavy (non-hydrogen) atoms. The zero-order chi connectivity index (χ0) is 25.8. The Hall–Kier alpha value is -2.30. The molecule has 2 fully saturated rings. The summed E-state index contributed by atoms with van der Waals surface area (Å²) in [6.07, 6.45) is 4.37. The van der Waals surface area contributed by atoms with Gasteiger partial charge in [-0.05, 0) is 96.2 Å². The zero-order valence-electron chi connectivity index (χ0n) is 21.2. The highest BCUT2D eigenvalue weighted by molar-refractivity contribution is 7.53. The van der Waals surface area contributed by atoms with Crippen LogP contribution >= 0.6 is 19.2 Å². The Balaban J connectivity index is 1.18. The lowest BCUT2D eigenvalue weighted by atomic mass is 9.86. The summed E-state index contributed by atoms with van der Waals surface area (Å²) in [6, 6.07) is 17.7. The maximum Gasteiger partial charge on any atom is 0.368 e. The van der Waals surface area contributed by atoms with Gasteiger partial charge in [0.15, 0.2) is 6.35 Å².